The van der Waals surface area contributed by atoms with Gasteiger partial charge in [-0.25, -0.2) is 4.79 Å². The highest BCUT2D eigenvalue weighted by Gasteiger charge is 2.39. The quantitative estimate of drug-likeness (QED) is 0.441. The molecule has 1 aromatic rings. The van der Waals surface area contributed by atoms with E-state index in [0.29, 0.717) is 36.4 Å². The molecule has 2 unspecified atom stereocenters. The van der Waals surface area contributed by atoms with Gasteiger partial charge in [0.1, 0.15) is 23.4 Å². The molecule has 0 spiro atoms. The predicted molar refractivity (Wildman–Crippen MR) is 167 cm³/mol. The van der Waals surface area contributed by atoms with Crippen molar-refractivity contribution in [3.05, 3.63) is 24.3 Å². The number of methoxy groups -OCH3 is 1. The molecule has 2 atom stereocenters. The summed E-state index contributed by atoms with van der Waals surface area (Å²) in [5, 5.41) is 3.06. The molecule has 3 amide bonds. The van der Waals surface area contributed by atoms with Crippen LogP contribution in [0.15, 0.2) is 24.3 Å². The number of piperazine rings is 1. The Kier molecular flexibility index (Phi) is 11.4. The molecular formula is C30H46N4O5S2. The Bertz CT molecular complexity index is 1020. The number of hydrogen-bond acceptors (Lipinski definition) is 8. The van der Waals surface area contributed by atoms with Crippen LogP contribution in [0.25, 0.3) is 0 Å². The van der Waals surface area contributed by atoms with Crippen LogP contribution in [-0.4, -0.2) is 102 Å². The van der Waals surface area contributed by atoms with Gasteiger partial charge in [0.15, 0.2) is 0 Å². The van der Waals surface area contributed by atoms with Crippen molar-refractivity contribution < 1.29 is 23.9 Å². The van der Waals surface area contributed by atoms with Gasteiger partial charge in [0, 0.05) is 43.4 Å². The highest BCUT2D eigenvalue weighted by molar-refractivity contribution is 7.99. The summed E-state index contributed by atoms with van der Waals surface area (Å²) < 4.78 is 10.8. The molecule has 228 valence electrons. The fourth-order valence-electron chi connectivity index (χ4n) is 5.51. The topological polar surface area (TPSA) is 91.4 Å². The lowest BCUT2D eigenvalue weighted by atomic mass is 9.91. The standard InChI is InChI=1S/C30H46N4O5S2/c1-30(2,3)39-29(37)34-21-41-20-26(34)27(35)31-25(19-40-18-22-8-6-5-7-9-22)28(36)33-16-14-32(15-17-33)23-10-12-24(38-4)13-11-23/h10-13,22,25-26H,5-9,14-21H2,1-4H3,(H,31,35). The van der Waals surface area contributed by atoms with Crippen molar-refractivity contribution in [2.24, 2.45) is 5.92 Å². The second-order valence-electron chi connectivity index (χ2n) is 12.1. The minimum Gasteiger partial charge on any atom is -0.497 e. The number of benzene rings is 1. The normalized spacial score (nSPS) is 21.0. The van der Waals surface area contributed by atoms with Crippen LogP contribution in [0.2, 0.25) is 0 Å². The average Bonchev–Trinajstić information content (AvgIpc) is 3.47. The Morgan fingerprint density at radius 2 is 1.73 bits per heavy atom. The third-order valence-electron chi connectivity index (χ3n) is 7.82. The smallest absolute Gasteiger partial charge is 0.411 e. The number of thioether (sulfide) groups is 2. The number of rotatable bonds is 9. The molecule has 41 heavy (non-hydrogen) atoms. The first-order valence-electron chi connectivity index (χ1n) is 14.8. The summed E-state index contributed by atoms with van der Waals surface area (Å²) in [6, 6.07) is 6.69. The van der Waals surface area contributed by atoms with E-state index >= 15 is 0 Å². The lowest BCUT2D eigenvalue weighted by Gasteiger charge is -2.38. The van der Waals surface area contributed by atoms with Crippen molar-refractivity contribution in [3.8, 4) is 5.75 Å². The van der Waals surface area contributed by atoms with Crippen molar-refractivity contribution in [2.45, 2.75) is 70.6 Å². The number of hydrogen-bond donors (Lipinski definition) is 1. The van der Waals surface area contributed by atoms with E-state index in [1.807, 2.05) is 49.9 Å². The molecule has 3 aliphatic rings. The van der Waals surface area contributed by atoms with Crippen LogP contribution in [0, 0.1) is 5.92 Å². The molecule has 3 fully saturated rings. The van der Waals surface area contributed by atoms with Crippen LogP contribution in [-0.2, 0) is 14.3 Å². The Morgan fingerprint density at radius 3 is 2.37 bits per heavy atom. The van der Waals surface area contributed by atoms with Crippen molar-refractivity contribution >= 4 is 47.1 Å². The van der Waals surface area contributed by atoms with Crippen LogP contribution >= 0.6 is 23.5 Å². The highest BCUT2D eigenvalue weighted by atomic mass is 32.2. The van der Waals surface area contributed by atoms with Gasteiger partial charge < -0.3 is 24.6 Å². The summed E-state index contributed by atoms with van der Waals surface area (Å²) in [4.78, 5) is 45.7. The molecule has 0 radical (unpaired) electrons. The fourth-order valence-corrected chi connectivity index (χ4v) is 7.91. The molecular weight excluding hydrogens is 560 g/mol. The van der Waals surface area contributed by atoms with Gasteiger partial charge in [-0.2, -0.15) is 11.8 Å². The second-order valence-corrected chi connectivity index (χ2v) is 14.2. The number of nitrogens with zero attached hydrogens (tertiary/aromatic N) is 3. The van der Waals surface area contributed by atoms with Crippen molar-refractivity contribution in [1.82, 2.24) is 15.1 Å². The van der Waals surface area contributed by atoms with Crippen LogP contribution in [0.4, 0.5) is 10.5 Å². The number of nitrogens with one attached hydrogen (secondary N) is 1. The van der Waals surface area contributed by atoms with Crippen LogP contribution in [0.1, 0.15) is 52.9 Å². The van der Waals surface area contributed by atoms with Gasteiger partial charge in [0.25, 0.3) is 0 Å². The van der Waals surface area contributed by atoms with Gasteiger partial charge in [0.2, 0.25) is 11.8 Å². The van der Waals surface area contributed by atoms with E-state index in [0.717, 1.165) is 30.3 Å². The van der Waals surface area contributed by atoms with Crippen molar-refractivity contribution in [1.29, 1.82) is 0 Å². The maximum absolute atomic E-state index is 13.8. The minimum absolute atomic E-state index is 0.0432. The van der Waals surface area contributed by atoms with E-state index in [-0.39, 0.29) is 11.8 Å². The summed E-state index contributed by atoms with van der Waals surface area (Å²) in [6.07, 6.45) is 5.87. The lowest BCUT2D eigenvalue weighted by molar-refractivity contribution is -0.137. The molecule has 1 aromatic carbocycles. The van der Waals surface area contributed by atoms with Gasteiger partial charge in [-0.05, 0) is 69.5 Å². The van der Waals surface area contributed by atoms with E-state index in [2.05, 4.69) is 10.2 Å². The molecule has 1 saturated carbocycles. The van der Waals surface area contributed by atoms with Gasteiger partial charge in [-0.3, -0.25) is 14.5 Å². The van der Waals surface area contributed by atoms with Gasteiger partial charge in [-0.1, -0.05) is 19.3 Å². The lowest BCUT2D eigenvalue weighted by Crippen LogP contribution is -2.58. The molecule has 9 nitrogen and oxygen atoms in total. The SMILES string of the molecule is COc1ccc(N2CCN(C(=O)C(CSCC3CCCCC3)NC(=O)C3CSCN3C(=O)OC(C)(C)C)CC2)cc1. The third-order valence-corrected chi connectivity index (χ3v) is 10.1. The van der Waals surface area contributed by atoms with E-state index < -0.39 is 23.8 Å². The number of carbonyl (C=O) groups is 3. The number of amides is 3. The predicted octanol–water partition coefficient (Wildman–Crippen LogP) is 4.45. The van der Waals surface area contributed by atoms with Gasteiger partial charge in [0.05, 0.1) is 13.0 Å². The second kappa shape index (κ2) is 14.8. The van der Waals surface area contributed by atoms with Gasteiger partial charge >= 0.3 is 6.09 Å². The summed E-state index contributed by atoms with van der Waals surface area (Å²) in [5.41, 5.74) is 0.458. The molecule has 4 rings (SSSR count). The molecule has 2 heterocycles. The minimum atomic E-state index is -0.652. The number of ether oxygens (including phenoxy) is 2. The zero-order chi connectivity index (χ0) is 29.4. The maximum atomic E-state index is 13.8. The van der Waals surface area contributed by atoms with E-state index in [4.69, 9.17) is 9.47 Å². The largest absolute Gasteiger partial charge is 0.497 e. The first-order valence-corrected chi connectivity index (χ1v) is 17.1. The molecule has 1 aliphatic carbocycles. The van der Waals surface area contributed by atoms with Crippen LogP contribution in [0.3, 0.4) is 0 Å². The summed E-state index contributed by atoms with van der Waals surface area (Å²) >= 11 is 3.29. The molecule has 2 aliphatic heterocycles. The van der Waals surface area contributed by atoms with Crippen LogP contribution < -0.4 is 15.0 Å². The monoisotopic (exact) mass is 606 g/mol. The maximum Gasteiger partial charge on any atom is 0.411 e. The zero-order valence-corrected chi connectivity index (χ0v) is 26.6. The fraction of sp³-hybridized carbons (Fsp3) is 0.700. The summed E-state index contributed by atoms with van der Waals surface area (Å²) in [7, 11) is 1.66. The molecule has 0 aromatic heterocycles. The van der Waals surface area contributed by atoms with Crippen LogP contribution in [0.5, 0.6) is 5.75 Å². The Labute approximate surface area is 253 Å². The molecule has 2 saturated heterocycles. The highest BCUT2D eigenvalue weighted by Crippen LogP contribution is 2.28. The molecule has 1 N–H and O–H groups in total. The Morgan fingerprint density at radius 1 is 1.05 bits per heavy atom. The van der Waals surface area contributed by atoms with E-state index in [1.165, 1.54) is 48.8 Å². The molecule has 0 bridgehead atoms. The van der Waals surface area contributed by atoms with E-state index in [1.54, 1.807) is 18.9 Å². The zero-order valence-electron chi connectivity index (χ0n) is 24.9. The Hall–Kier alpha value is -2.27. The molecule has 11 heteroatoms. The van der Waals surface area contributed by atoms with E-state index in [9.17, 15) is 14.4 Å². The average molecular weight is 607 g/mol. The number of anilines is 1. The third kappa shape index (κ3) is 9.11. The Balaban J connectivity index is 1.38. The van der Waals surface area contributed by atoms with Gasteiger partial charge in [-0.15, -0.1) is 11.8 Å². The summed E-state index contributed by atoms with van der Waals surface area (Å²) in [6.45, 7) is 8.07. The first kappa shape index (κ1) is 31.7. The number of carbonyl (C=O) groups excluding carboxylic acids is 3. The van der Waals surface area contributed by atoms with Crippen molar-refractivity contribution in [2.75, 3.05) is 61.3 Å². The van der Waals surface area contributed by atoms with Crippen molar-refractivity contribution in [3.63, 3.8) is 0 Å². The first-order chi connectivity index (χ1) is 19.6. The summed E-state index contributed by atoms with van der Waals surface area (Å²) in [5.74, 6) is 3.60.